The number of sulfonamides is 1. The van der Waals surface area contributed by atoms with Crippen LogP contribution in [0, 0.1) is 5.92 Å². The quantitative estimate of drug-likeness (QED) is 0.823. The van der Waals surface area contributed by atoms with E-state index in [1.807, 2.05) is 0 Å². The van der Waals surface area contributed by atoms with Gasteiger partial charge in [0.05, 0.1) is 10.6 Å². The molecule has 1 fully saturated rings. The molecule has 6 nitrogen and oxygen atoms in total. The number of benzene rings is 1. The topological polar surface area (TPSA) is 79.4 Å². The monoisotopic (exact) mass is 419 g/mol. The number of anilines is 1. The SMILES string of the molecule is C[C@@H]1CCc2nc(NC(=O)[C@H]3CCCCN3S(=O)(=O)c3ccccc3)sc2C1. The summed E-state index contributed by atoms with van der Waals surface area (Å²) in [6.45, 7) is 2.59. The number of nitrogens with zero attached hydrogens (tertiary/aromatic N) is 2. The zero-order valence-electron chi connectivity index (χ0n) is 15.9. The highest BCUT2D eigenvalue weighted by atomic mass is 32.2. The van der Waals surface area contributed by atoms with E-state index in [2.05, 4.69) is 17.2 Å². The van der Waals surface area contributed by atoms with Gasteiger partial charge in [0.25, 0.3) is 0 Å². The summed E-state index contributed by atoms with van der Waals surface area (Å²) in [4.78, 5) is 19.0. The van der Waals surface area contributed by atoms with Crippen LogP contribution in [0.4, 0.5) is 5.13 Å². The molecule has 1 aliphatic carbocycles. The highest BCUT2D eigenvalue weighted by molar-refractivity contribution is 7.89. The maximum absolute atomic E-state index is 13.1. The molecule has 2 atom stereocenters. The van der Waals surface area contributed by atoms with Crippen molar-refractivity contribution in [3.8, 4) is 0 Å². The lowest BCUT2D eigenvalue weighted by Gasteiger charge is -2.33. The van der Waals surface area contributed by atoms with Crippen molar-refractivity contribution in [1.29, 1.82) is 0 Å². The third-order valence-electron chi connectivity index (χ3n) is 5.52. The van der Waals surface area contributed by atoms with E-state index in [-0.39, 0.29) is 10.8 Å². The van der Waals surface area contributed by atoms with Crippen LogP contribution in [0.15, 0.2) is 35.2 Å². The van der Waals surface area contributed by atoms with Crippen molar-refractivity contribution in [2.75, 3.05) is 11.9 Å². The maximum atomic E-state index is 13.1. The molecular weight excluding hydrogens is 394 g/mol. The number of aromatic nitrogens is 1. The van der Waals surface area contributed by atoms with Gasteiger partial charge in [-0.1, -0.05) is 31.5 Å². The van der Waals surface area contributed by atoms with E-state index in [0.29, 0.717) is 24.0 Å². The molecule has 1 aromatic carbocycles. The van der Waals surface area contributed by atoms with Gasteiger partial charge in [0, 0.05) is 11.4 Å². The van der Waals surface area contributed by atoms with Gasteiger partial charge >= 0.3 is 0 Å². The Labute approximate surface area is 170 Å². The second-order valence-corrected chi connectivity index (χ2v) is 10.6. The van der Waals surface area contributed by atoms with Gasteiger partial charge in [0.2, 0.25) is 15.9 Å². The van der Waals surface area contributed by atoms with Gasteiger partial charge in [0.15, 0.2) is 5.13 Å². The Morgan fingerprint density at radius 3 is 2.79 bits per heavy atom. The Bertz CT molecular complexity index is 956. The first-order valence-electron chi connectivity index (χ1n) is 9.81. The summed E-state index contributed by atoms with van der Waals surface area (Å²) >= 11 is 1.53. The van der Waals surface area contributed by atoms with Crippen LogP contribution in [-0.2, 0) is 27.7 Å². The van der Waals surface area contributed by atoms with Crippen LogP contribution in [-0.4, -0.2) is 36.2 Å². The molecule has 0 saturated carbocycles. The number of piperidine rings is 1. The standard InChI is InChI=1S/C20H25N3O3S2/c1-14-10-11-16-18(13-14)27-20(21-16)22-19(24)17-9-5-6-12-23(17)28(25,26)15-7-3-2-4-8-15/h2-4,7-8,14,17H,5-6,9-13H2,1H3,(H,21,22,24)/t14-,17-/m1/s1. The first-order valence-corrected chi connectivity index (χ1v) is 12.1. The van der Waals surface area contributed by atoms with E-state index >= 15 is 0 Å². The molecule has 8 heteroatoms. The fraction of sp³-hybridized carbons (Fsp3) is 0.500. The summed E-state index contributed by atoms with van der Waals surface area (Å²) < 4.78 is 27.5. The normalized spacial score (nSPS) is 23.2. The third-order valence-corrected chi connectivity index (χ3v) is 8.48. The van der Waals surface area contributed by atoms with Crippen molar-refractivity contribution in [3.05, 3.63) is 40.9 Å². The fourth-order valence-corrected chi connectivity index (χ4v) is 6.82. The van der Waals surface area contributed by atoms with Crippen LogP contribution in [0.5, 0.6) is 0 Å². The van der Waals surface area contributed by atoms with Crippen molar-refractivity contribution in [1.82, 2.24) is 9.29 Å². The molecule has 0 unspecified atom stereocenters. The van der Waals surface area contributed by atoms with E-state index in [1.165, 1.54) is 20.5 Å². The summed E-state index contributed by atoms with van der Waals surface area (Å²) in [5.74, 6) is 0.361. The van der Waals surface area contributed by atoms with E-state index < -0.39 is 16.1 Å². The lowest BCUT2D eigenvalue weighted by atomic mass is 9.93. The number of fused-ring (bicyclic) bond motifs is 1. The number of carbonyl (C=O) groups excluding carboxylic acids is 1. The molecule has 0 bridgehead atoms. The van der Waals surface area contributed by atoms with Crippen molar-refractivity contribution in [2.24, 2.45) is 5.92 Å². The van der Waals surface area contributed by atoms with Crippen molar-refractivity contribution >= 4 is 32.4 Å². The minimum atomic E-state index is -3.70. The molecule has 2 aliphatic rings. The summed E-state index contributed by atoms with van der Waals surface area (Å²) in [5, 5.41) is 3.49. The summed E-state index contributed by atoms with van der Waals surface area (Å²) in [6.07, 6.45) is 5.20. The number of amides is 1. The number of thiazole rings is 1. The molecule has 4 rings (SSSR count). The highest BCUT2D eigenvalue weighted by Crippen LogP contribution is 2.33. The largest absolute Gasteiger partial charge is 0.301 e. The molecule has 2 aromatic rings. The van der Waals surface area contributed by atoms with Crippen molar-refractivity contribution in [3.63, 3.8) is 0 Å². The van der Waals surface area contributed by atoms with Crippen LogP contribution in [0.3, 0.4) is 0 Å². The van der Waals surface area contributed by atoms with Gasteiger partial charge in [-0.2, -0.15) is 4.31 Å². The minimum Gasteiger partial charge on any atom is -0.301 e. The first kappa shape index (κ1) is 19.5. The van der Waals surface area contributed by atoms with E-state index in [0.717, 1.165) is 37.8 Å². The molecule has 1 N–H and O–H groups in total. The number of carbonyl (C=O) groups is 1. The predicted molar refractivity (Wildman–Crippen MR) is 110 cm³/mol. The average molecular weight is 420 g/mol. The fourth-order valence-electron chi connectivity index (χ4n) is 3.96. The molecule has 28 heavy (non-hydrogen) atoms. The summed E-state index contributed by atoms with van der Waals surface area (Å²) in [6, 6.07) is 7.65. The lowest BCUT2D eigenvalue weighted by Crippen LogP contribution is -2.49. The highest BCUT2D eigenvalue weighted by Gasteiger charge is 2.38. The van der Waals surface area contributed by atoms with Crippen molar-refractivity contribution in [2.45, 2.75) is 56.4 Å². The van der Waals surface area contributed by atoms with Gasteiger partial charge in [-0.3, -0.25) is 4.79 Å². The number of hydrogen-bond donors (Lipinski definition) is 1. The van der Waals surface area contributed by atoms with Gasteiger partial charge in [-0.25, -0.2) is 13.4 Å². The Morgan fingerprint density at radius 1 is 1.21 bits per heavy atom. The molecule has 2 heterocycles. The minimum absolute atomic E-state index is 0.230. The first-order chi connectivity index (χ1) is 13.4. The number of rotatable bonds is 4. The second-order valence-electron chi connectivity index (χ2n) is 7.67. The Hall–Kier alpha value is -1.77. The lowest BCUT2D eigenvalue weighted by molar-refractivity contribution is -0.120. The molecule has 1 amide bonds. The average Bonchev–Trinajstić information content (AvgIpc) is 3.10. The van der Waals surface area contributed by atoms with Crippen LogP contribution in [0.2, 0.25) is 0 Å². The molecule has 1 aliphatic heterocycles. The Morgan fingerprint density at radius 2 is 2.00 bits per heavy atom. The van der Waals surface area contributed by atoms with Crippen LogP contribution in [0.1, 0.15) is 43.2 Å². The number of hydrogen-bond acceptors (Lipinski definition) is 5. The Kier molecular flexibility index (Phi) is 5.53. The van der Waals surface area contributed by atoms with Gasteiger partial charge in [-0.15, -0.1) is 11.3 Å². The third kappa shape index (κ3) is 3.86. The Balaban J connectivity index is 1.54. The van der Waals surface area contributed by atoms with Crippen molar-refractivity contribution < 1.29 is 13.2 Å². The molecule has 1 aromatic heterocycles. The van der Waals surface area contributed by atoms with E-state index in [1.54, 1.807) is 30.3 Å². The second kappa shape index (κ2) is 7.93. The molecule has 1 saturated heterocycles. The van der Waals surface area contributed by atoms with E-state index in [9.17, 15) is 13.2 Å². The summed E-state index contributed by atoms with van der Waals surface area (Å²) in [5.41, 5.74) is 1.08. The molecule has 0 spiro atoms. The van der Waals surface area contributed by atoms with Gasteiger partial charge < -0.3 is 5.32 Å². The zero-order chi connectivity index (χ0) is 19.7. The van der Waals surface area contributed by atoms with Gasteiger partial charge in [0.1, 0.15) is 6.04 Å². The number of aryl methyl sites for hydroxylation is 1. The molecule has 0 radical (unpaired) electrons. The van der Waals surface area contributed by atoms with Crippen LogP contribution in [0.25, 0.3) is 0 Å². The van der Waals surface area contributed by atoms with Gasteiger partial charge in [-0.05, 0) is 50.2 Å². The number of nitrogens with one attached hydrogen (secondary N) is 1. The molecular formula is C20H25N3O3S2. The predicted octanol–water partition coefficient (Wildman–Crippen LogP) is 3.45. The van der Waals surface area contributed by atoms with Crippen LogP contribution >= 0.6 is 11.3 Å². The summed E-state index contributed by atoms with van der Waals surface area (Å²) in [7, 11) is -3.70. The van der Waals surface area contributed by atoms with E-state index in [4.69, 9.17) is 0 Å². The molecule has 150 valence electrons. The zero-order valence-corrected chi connectivity index (χ0v) is 17.6. The smallest absolute Gasteiger partial charge is 0.244 e. The maximum Gasteiger partial charge on any atom is 0.244 e. The van der Waals surface area contributed by atoms with Crippen LogP contribution < -0.4 is 5.32 Å².